The van der Waals surface area contributed by atoms with E-state index in [1.807, 2.05) is 22.7 Å². The lowest BCUT2D eigenvalue weighted by Crippen LogP contribution is -2.30. The Morgan fingerprint density at radius 3 is 2.62 bits per heavy atom. The van der Waals surface area contributed by atoms with Crippen molar-refractivity contribution < 1.29 is 0 Å². The number of fused-ring (bicyclic) bond motifs is 1. The van der Waals surface area contributed by atoms with E-state index in [1.54, 1.807) is 11.3 Å². The molecule has 0 saturated carbocycles. The molecule has 1 aliphatic heterocycles. The second-order valence-corrected chi connectivity index (χ2v) is 6.56. The Hall–Kier alpha value is -1.79. The van der Waals surface area contributed by atoms with E-state index in [4.69, 9.17) is 5.10 Å². The minimum Gasteiger partial charge on any atom is -0.306 e. The van der Waals surface area contributed by atoms with E-state index < -0.39 is 0 Å². The summed E-state index contributed by atoms with van der Waals surface area (Å²) in [5.74, 6) is 1.50. The zero-order chi connectivity index (χ0) is 14.2. The summed E-state index contributed by atoms with van der Waals surface area (Å²) in [5, 5.41) is 14.4. The molecule has 3 aromatic rings. The first-order valence-corrected chi connectivity index (χ1v) is 8.09. The molecule has 1 aromatic carbocycles. The van der Waals surface area contributed by atoms with Crippen LogP contribution in [-0.4, -0.2) is 44.8 Å². The number of rotatable bonds is 2. The summed E-state index contributed by atoms with van der Waals surface area (Å²) in [5.41, 5.74) is 1.14. The van der Waals surface area contributed by atoms with Gasteiger partial charge in [-0.05, 0) is 33.0 Å². The average molecular weight is 299 g/mol. The molecule has 108 valence electrons. The lowest BCUT2D eigenvalue weighted by atomic mass is 9.96. The topological polar surface area (TPSA) is 46.3 Å². The molecule has 0 N–H and O–H groups in total. The van der Waals surface area contributed by atoms with E-state index in [2.05, 4.69) is 34.3 Å². The van der Waals surface area contributed by atoms with Crippen LogP contribution in [0.3, 0.4) is 0 Å². The summed E-state index contributed by atoms with van der Waals surface area (Å²) < 4.78 is 1.95. The fourth-order valence-corrected chi connectivity index (χ4v) is 3.70. The second-order valence-electron chi connectivity index (χ2n) is 5.60. The smallest absolute Gasteiger partial charge is 0.234 e. The molecular formula is C15H17N5S. The Labute approximate surface area is 127 Å². The number of hydrogen-bond donors (Lipinski definition) is 0. The Balaban J connectivity index is 1.70. The van der Waals surface area contributed by atoms with Gasteiger partial charge in [0.05, 0.1) is 0 Å². The predicted octanol–water partition coefficient (Wildman–Crippen LogP) is 2.66. The molecule has 2 aromatic heterocycles. The van der Waals surface area contributed by atoms with Crippen LogP contribution >= 0.6 is 11.3 Å². The molecule has 5 nitrogen and oxygen atoms in total. The van der Waals surface area contributed by atoms with E-state index in [9.17, 15) is 0 Å². The van der Waals surface area contributed by atoms with Gasteiger partial charge in [0.15, 0.2) is 5.82 Å². The third kappa shape index (κ3) is 2.34. The fourth-order valence-electron chi connectivity index (χ4n) is 2.85. The average Bonchev–Trinajstić information content (AvgIpc) is 3.09. The van der Waals surface area contributed by atoms with Crippen LogP contribution in [0.15, 0.2) is 30.3 Å². The first-order valence-electron chi connectivity index (χ1n) is 7.27. The van der Waals surface area contributed by atoms with E-state index in [0.717, 1.165) is 47.3 Å². The van der Waals surface area contributed by atoms with Crippen LogP contribution in [0.4, 0.5) is 0 Å². The summed E-state index contributed by atoms with van der Waals surface area (Å²) >= 11 is 1.60. The highest BCUT2D eigenvalue weighted by Crippen LogP contribution is 2.30. The molecule has 6 heteroatoms. The lowest BCUT2D eigenvalue weighted by Gasteiger charge is -2.27. The van der Waals surface area contributed by atoms with Crippen molar-refractivity contribution in [1.82, 2.24) is 24.7 Å². The van der Waals surface area contributed by atoms with Crippen molar-refractivity contribution in [3.8, 4) is 10.6 Å². The maximum absolute atomic E-state index is 4.73. The van der Waals surface area contributed by atoms with Crippen molar-refractivity contribution in [2.75, 3.05) is 20.1 Å². The molecule has 1 saturated heterocycles. The zero-order valence-electron chi connectivity index (χ0n) is 11.9. The molecule has 0 amide bonds. The Bertz CT molecular complexity index is 740. The van der Waals surface area contributed by atoms with Gasteiger partial charge in [-0.3, -0.25) is 0 Å². The van der Waals surface area contributed by atoms with Gasteiger partial charge in [-0.25, -0.2) is 0 Å². The Morgan fingerprint density at radius 1 is 1.10 bits per heavy atom. The molecule has 0 bridgehead atoms. The van der Waals surface area contributed by atoms with Crippen molar-refractivity contribution in [2.24, 2.45) is 0 Å². The summed E-state index contributed by atoms with van der Waals surface area (Å²) in [6, 6.07) is 10.3. The molecule has 0 unspecified atom stereocenters. The van der Waals surface area contributed by atoms with Crippen LogP contribution in [-0.2, 0) is 0 Å². The molecule has 4 rings (SSSR count). The van der Waals surface area contributed by atoms with Crippen molar-refractivity contribution in [3.63, 3.8) is 0 Å². The number of hydrogen-bond acceptors (Lipinski definition) is 5. The van der Waals surface area contributed by atoms with E-state index in [0.29, 0.717) is 5.92 Å². The van der Waals surface area contributed by atoms with Gasteiger partial charge in [-0.1, -0.05) is 41.7 Å². The highest BCUT2D eigenvalue weighted by Gasteiger charge is 2.24. The van der Waals surface area contributed by atoms with E-state index in [-0.39, 0.29) is 0 Å². The van der Waals surface area contributed by atoms with Crippen LogP contribution in [0.2, 0.25) is 0 Å². The summed E-state index contributed by atoms with van der Waals surface area (Å²) in [4.78, 5) is 3.26. The molecule has 1 fully saturated rings. The number of benzene rings is 1. The number of likely N-dealkylation sites (tertiary alicyclic amines) is 1. The largest absolute Gasteiger partial charge is 0.306 e. The molecule has 0 aliphatic carbocycles. The van der Waals surface area contributed by atoms with Gasteiger partial charge >= 0.3 is 0 Å². The Kier molecular flexibility index (Phi) is 3.20. The van der Waals surface area contributed by atoms with Crippen molar-refractivity contribution in [1.29, 1.82) is 0 Å². The van der Waals surface area contributed by atoms with Gasteiger partial charge < -0.3 is 4.90 Å². The number of nitrogens with zero attached hydrogens (tertiary/aromatic N) is 5. The van der Waals surface area contributed by atoms with Gasteiger partial charge in [0.2, 0.25) is 4.96 Å². The molecular weight excluding hydrogens is 282 g/mol. The maximum Gasteiger partial charge on any atom is 0.234 e. The quantitative estimate of drug-likeness (QED) is 0.730. The third-order valence-electron chi connectivity index (χ3n) is 4.12. The standard InChI is InChI=1S/C15H17N5S/c1-19-9-7-11(8-10-19)13-16-17-15-20(13)18-14(21-15)12-5-3-2-4-6-12/h2-6,11H,7-10H2,1H3. The fraction of sp³-hybridized carbons (Fsp3) is 0.400. The highest BCUT2D eigenvalue weighted by molar-refractivity contribution is 7.19. The van der Waals surface area contributed by atoms with Gasteiger partial charge in [0.1, 0.15) is 5.01 Å². The molecule has 21 heavy (non-hydrogen) atoms. The molecule has 1 aliphatic rings. The Morgan fingerprint density at radius 2 is 1.86 bits per heavy atom. The van der Waals surface area contributed by atoms with E-state index in [1.165, 1.54) is 0 Å². The minimum absolute atomic E-state index is 0.474. The van der Waals surface area contributed by atoms with Crippen LogP contribution in [0.25, 0.3) is 15.5 Å². The van der Waals surface area contributed by atoms with Crippen molar-refractivity contribution in [2.45, 2.75) is 18.8 Å². The first kappa shape index (κ1) is 12.9. The molecule has 0 atom stereocenters. The predicted molar refractivity (Wildman–Crippen MR) is 83.6 cm³/mol. The second kappa shape index (κ2) is 5.20. The van der Waals surface area contributed by atoms with Crippen LogP contribution < -0.4 is 0 Å². The van der Waals surface area contributed by atoms with Gasteiger partial charge in [-0.2, -0.15) is 9.61 Å². The van der Waals surface area contributed by atoms with Crippen LogP contribution in [0.1, 0.15) is 24.6 Å². The zero-order valence-corrected chi connectivity index (χ0v) is 12.8. The van der Waals surface area contributed by atoms with Crippen LogP contribution in [0, 0.1) is 0 Å². The minimum atomic E-state index is 0.474. The number of piperidine rings is 1. The first-order chi connectivity index (χ1) is 10.3. The van der Waals surface area contributed by atoms with Crippen LogP contribution in [0.5, 0.6) is 0 Å². The molecule has 0 radical (unpaired) electrons. The maximum atomic E-state index is 4.73. The molecule has 3 heterocycles. The van der Waals surface area contributed by atoms with Crippen molar-refractivity contribution >= 4 is 16.3 Å². The monoisotopic (exact) mass is 299 g/mol. The third-order valence-corrected chi connectivity index (χ3v) is 5.07. The van der Waals surface area contributed by atoms with E-state index >= 15 is 0 Å². The van der Waals surface area contributed by atoms with Crippen molar-refractivity contribution in [3.05, 3.63) is 36.2 Å². The SMILES string of the molecule is CN1CCC(c2nnc3sc(-c4ccccc4)nn23)CC1. The summed E-state index contributed by atoms with van der Waals surface area (Å²) in [6.07, 6.45) is 2.27. The van der Waals surface area contributed by atoms with Gasteiger partial charge in [-0.15, -0.1) is 10.2 Å². The van der Waals surface area contributed by atoms with Gasteiger partial charge in [0, 0.05) is 11.5 Å². The number of aromatic nitrogens is 4. The summed E-state index contributed by atoms with van der Waals surface area (Å²) in [7, 11) is 2.17. The highest BCUT2D eigenvalue weighted by atomic mass is 32.1. The normalized spacial score (nSPS) is 17.6. The lowest BCUT2D eigenvalue weighted by molar-refractivity contribution is 0.250. The van der Waals surface area contributed by atoms with Gasteiger partial charge in [0.25, 0.3) is 0 Å². The summed E-state index contributed by atoms with van der Waals surface area (Å²) in [6.45, 7) is 2.24. The molecule has 0 spiro atoms.